The number of hydrogen-bond donors (Lipinski definition) is 3. The van der Waals surface area contributed by atoms with Gasteiger partial charge >= 0.3 is 0 Å². The summed E-state index contributed by atoms with van der Waals surface area (Å²) in [6.07, 6.45) is 0. The molecule has 2 saturated heterocycles. The van der Waals surface area contributed by atoms with Gasteiger partial charge in [0.15, 0.2) is 6.04 Å². The predicted molar refractivity (Wildman–Crippen MR) is 85.4 cm³/mol. The Labute approximate surface area is 141 Å². The number of rotatable bonds is 6. The number of hydrogen-bond acceptors (Lipinski definition) is 5. The molecule has 1 spiro atoms. The molecule has 1 unspecified atom stereocenters. The maximum absolute atomic E-state index is 12.2. The molecule has 0 bridgehead atoms. The van der Waals surface area contributed by atoms with Crippen molar-refractivity contribution in [1.82, 2.24) is 10.2 Å². The zero-order valence-corrected chi connectivity index (χ0v) is 14.1. The molecule has 3 rings (SSSR count). The van der Waals surface area contributed by atoms with Crippen molar-refractivity contribution < 1.29 is 27.6 Å². The minimum atomic E-state index is -3.66. The third-order valence-electron chi connectivity index (χ3n) is 4.76. The highest BCUT2D eigenvalue weighted by molar-refractivity contribution is 7.88. The van der Waals surface area contributed by atoms with E-state index >= 15 is 0 Å². The number of amides is 1. The Morgan fingerprint density at radius 3 is 2.71 bits per heavy atom. The second kappa shape index (κ2) is 6.77. The Morgan fingerprint density at radius 1 is 1.29 bits per heavy atom. The van der Waals surface area contributed by atoms with Crippen LogP contribution >= 0.6 is 0 Å². The molecular weight excluding hydrogens is 334 g/mol. The first-order valence-electron chi connectivity index (χ1n) is 7.87. The van der Waals surface area contributed by atoms with Gasteiger partial charge in [0, 0.05) is 5.56 Å². The third kappa shape index (κ3) is 3.76. The van der Waals surface area contributed by atoms with Crippen LogP contribution in [0.3, 0.4) is 0 Å². The van der Waals surface area contributed by atoms with Crippen molar-refractivity contribution in [2.24, 2.45) is 0 Å². The van der Waals surface area contributed by atoms with Crippen LogP contribution in [0, 0.1) is 0 Å². The van der Waals surface area contributed by atoms with Crippen molar-refractivity contribution in [2.75, 3.05) is 39.4 Å². The van der Waals surface area contributed by atoms with Crippen LogP contribution in [0.5, 0.6) is 0 Å². The highest BCUT2D eigenvalue weighted by atomic mass is 32.2. The topological polar surface area (TPSA) is 105 Å². The number of benzene rings is 1. The summed E-state index contributed by atoms with van der Waals surface area (Å²) in [5, 5.41) is 8.44. The number of carbonyl (C=O) groups is 1. The van der Waals surface area contributed by atoms with Crippen molar-refractivity contribution in [1.29, 1.82) is 0 Å². The summed E-state index contributed by atoms with van der Waals surface area (Å²) in [5.74, 6) is -0.985. The van der Waals surface area contributed by atoms with Gasteiger partial charge in [-0.05, 0) is 5.56 Å². The van der Waals surface area contributed by atoms with Crippen molar-refractivity contribution in [3.05, 3.63) is 35.4 Å². The van der Waals surface area contributed by atoms with E-state index in [9.17, 15) is 13.2 Å². The van der Waals surface area contributed by atoms with Gasteiger partial charge in [0.05, 0.1) is 25.5 Å². The molecule has 3 N–H and O–H groups in total. The third-order valence-corrected chi connectivity index (χ3v) is 6.04. The minimum absolute atomic E-state index is 0.186. The minimum Gasteiger partial charge on any atom is -0.370 e. The molecule has 0 saturated carbocycles. The van der Waals surface area contributed by atoms with Crippen LogP contribution in [-0.2, 0) is 25.3 Å². The van der Waals surface area contributed by atoms with Crippen LogP contribution in [0.15, 0.2) is 24.3 Å². The van der Waals surface area contributed by atoms with E-state index in [-0.39, 0.29) is 5.75 Å². The van der Waals surface area contributed by atoms with Gasteiger partial charge in [-0.15, -0.1) is 0 Å². The van der Waals surface area contributed by atoms with Gasteiger partial charge in [-0.2, -0.15) is 0 Å². The standard InChI is InChI=1S/C15H21N3O5S/c19-15(17-20)9-16-24(21,22)11-12-3-1-2-4-13(12)14-10-18(14)5-7-23-8-6-18/h1-4,14,16H,5-11H2,(H-,17,19,20)/p+1. The maximum atomic E-state index is 12.2. The summed E-state index contributed by atoms with van der Waals surface area (Å²) in [6.45, 7) is 3.94. The summed E-state index contributed by atoms with van der Waals surface area (Å²) in [4.78, 5) is 11.0. The molecule has 2 fully saturated rings. The molecule has 2 aliphatic heterocycles. The van der Waals surface area contributed by atoms with Crippen LogP contribution in [0.4, 0.5) is 0 Å². The first kappa shape index (κ1) is 17.3. The number of nitrogens with zero attached hydrogens (tertiary/aromatic N) is 1. The summed E-state index contributed by atoms with van der Waals surface area (Å²) in [7, 11) is -3.66. The Hall–Kier alpha value is -1.52. The van der Waals surface area contributed by atoms with E-state index in [0.29, 0.717) is 6.04 Å². The molecule has 132 valence electrons. The van der Waals surface area contributed by atoms with E-state index in [4.69, 9.17) is 9.94 Å². The summed E-state index contributed by atoms with van der Waals surface area (Å²) < 4.78 is 33.0. The molecule has 0 radical (unpaired) electrons. The van der Waals surface area contributed by atoms with E-state index in [1.165, 1.54) is 5.48 Å². The molecule has 0 aliphatic carbocycles. The Bertz CT molecular complexity index is 716. The van der Waals surface area contributed by atoms with E-state index < -0.39 is 22.5 Å². The van der Waals surface area contributed by atoms with Crippen molar-refractivity contribution in [3.63, 3.8) is 0 Å². The highest BCUT2D eigenvalue weighted by Gasteiger charge is 2.56. The molecule has 24 heavy (non-hydrogen) atoms. The first-order valence-corrected chi connectivity index (χ1v) is 9.53. The molecule has 1 atom stereocenters. The molecule has 2 heterocycles. The molecule has 1 aromatic carbocycles. The fraction of sp³-hybridized carbons (Fsp3) is 0.533. The van der Waals surface area contributed by atoms with Crippen LogP contribution in [0.1, 0.15) is 17.2 Å². The molecule has 9 heteroatoms. The van der Waals surface area contributed by atoms with Crippen LogP contribution in [-0.4, -0.2) is 63.4 Å². The number of quaternary nitrogens is 1. The van der Waals surface area contributed by atoms with Gasteiger partial charge in [0.2, 0.25) is 10.0 Å². The fourth-order valence-electron chi connectivity index (χ4n) is 3.35. The number of carbonyl (C=O) groups excluding carboxylic acids is 1. The van der Waals surface area contributed by atoms with Gasteiger partial charge in [0.1, 0.15) is 19.6 Å². The van der Waals surface area contributed by atoms with Crippen LogP contribution in [0.2, 0.25) is 0 Å². The number of sulfonamides is 1. The molecule has 1 amide bonds. The lowest BCUT2D eigenvalue weighted by atomic mass is 10.1. The Kier molecular flexibility index (Phi) is 4.88. The number of ether oxygens (including phenoxy) is 1. The second-order valence-corrected chi connectivity index (χ2v) is 8.10. The number of hydroxylamine groups is 1. The van der Waals surface area contributed by atoms with Crippen LogP contribution in [0.25, 0.3) is 0 Å². The quantitative estimate of drug-likeness (QED) is 0.276. The molecule has 1 aromatic rings. The zero-order chi connectivity index (χ0) is 17.2. The van der Waals surface area contributed by atoms with E-state index in [1.54, 1.807) is 0 Å². The van der Waals surface area contributed by atoms with Gasteiger partial charge in [0.25, 0.3) is 5.91 Å². The Morgan fingerprint density at radius 2 is 2.00 bits per heavy atom. The van der Waals surface area contributed by atoms with E-state index in [1.807, 2.05) is 24.3 Å². The molecule has 2 aliphatic rings. The lowest BCUT2D eigenvalue weighted by Crippen LogP contribution is -2.39. The van der Waals surface area contributed by atoms with Gasteiger partial charge in [-0.25, -0.2) is 18.6 Å². The molecule has 0 aromatic heterocycles. The predicted octanol–water partition coefficient (Wildman–Crippen LogP) is -0.487. The Balaban J connectivity index is 1.72. The maximum Gasteiger partial charge on any atom is 0.258 e. The normalized spacial score (nSPS) is 22.3. The van der Waals surface area contributed by atoms with Crippen molar-refractivity contribution in [2.45, 2.75) is 11.8 Å². The second-order valence-electron chi connectivity index (χ2n) is 6.29. The summed E-state index contributed by atoms with van der Waals surface area (Å²) in [6, 6.07) is 7.86. The fourth-order valence-corrected chi connectivity index (χ4v) is 4.48. The zero-order valence-electron chi connectivity index (χ0n) is 13.3. The lowest BCUT2D eigenvalue weighted by Gasteiger charge is -2.25. The summed E-state index contributed by atoms with van der Waals surface area (Å²) >= 11 is 0. The number of nitrogens with one attached hydrogen (secondary N) is 2. The van der Waals surface area contributed by atoms with Crippen molar-refractivity contribution >= 4 is 15.9 Å². The lowest BCUT2D eigenvalue weighted by molar-refractivity contribution is -0.826. The molecule has 8 nitrogen and oxygen atoms in total. The highest BCUT2D eigenvalue weighted by Crippen LogP contribution is 2.46. The summed E-state index contributed by atoms with van der Waals surface area (Å²) in [5.41, 5.74) is 3.20. The van der Waals surface area contributed by atoms with E-state index in [2.05, 4.69) is 4.72 Å². The van der Waals surface area contributed by atoms with Gasteiger partial charge in [-0.3, -0.25) is 10.0 Å². The van der Waals surface area contributed by atoms with E-state index in [0.717, 1.165) is 48.5 Å². The monoisotopic (exact) mass is 356 g/mol. The SMILES string of the molecule is O=C(CNS(=O)(=O)Cc1ccccc1C1C[N+]12CCOCC2)NO. The van der Waals surface area contributed by atoms with Crippen LogP contribution < -0.4 is 10.2 Å². The average Bonchev–Trinajstić information content (AvgIpc) is 3.26. The molecular formula is C15H22N3O5S+. The van der Waals surface area contributed by atoms with Gasteiger partial charge < -0.3 is 9.22 Å². The van der Waals surface area contributed by atoms with Gasteiger partial charge in [-0.1, -0.05) is 24.3 Å². The first-order chi connectivity index (χ1) is 11.5. The number of morpholine rings is 1. The largest absolute Gasteiger partial charge is 0.370 e. The average molecular weight is 356 g/mol. The smallest absolute Gasteiger partial charge is 0.258 e. The van der Waals surface area contributed by atoms with Crippen molar-refractivity contribution in [3.8, 4) is 0 Å².